The van der Waals surface area contributed by atoms with Crippen LogP contribution in [-0.2, 0) is 39.6 Å². The highest BCUT2D eigenvalue weighted by Crippen LogP contribution is 2.34. The Morgan fingerprint density at radius 3 is 1.15 bits per heavy atom. The molecule has 0 aliphatic carbocycles. The Kier molecular flexibility index (Phi) is 14.3. The quantitative estimate of drug-likeness (QED) is 0.338. The highest BCUT2D eigenvalue weighted by atomic mass is 19.4. The van der Waals surface area contributed by atoms with Gasteiger partial charge in [-0.05, 0) is 55.3 Å². The van der Waals surface area contributed by atoms with Crippen molar-refractivity contribution in [3.05, 3.63) is 70.8 Å². The second kappa shape index (κ2) is 16.4. The van der Waals surface area contributed by atoms with Crippen LogP contribution in [0.15, 0.2) is 48.5 Å². The van der Waals surface area contributed by atoms with Gasteiger partial charge in [0.05, 0.1) is 16.5 Å². The van der Waals surface area contributed by atoms with Gasteiger partial charge in [-0.2, -0.15) is 52.7 Å². The van der Waals surface area contributed by atoms with Crippen LogP contribution in [0.4, 0.5) is 52.7 Å². The van der Waals surface area contributed by atoms with Crippen LogP contribution in [0, 0.1) is 5.41 Å². The average molecular weight is 716 g/mol. The van der Waals surface area contributed by atoms with E-state index in [1.165, 1.54) is 24.3 Å². The fourth-order valence-electron chi connectivity index (χ4n) is 4.19. The summed E-state index contributed by atoms with van der Waals surface area (Å²) in [5.74, 6) is -5.76. The number of carbonyl (C=O) groups is 3. The second-order valence-electron chi connectivity index (χ2n) is 10.4. The molecular formula is C28H29F12N3O5. The normalized spacial score (nSPS) is 14.7. The predicted octanol–water partition coefficient (Wildman–Crippen LogP) is 5.50. The summed E-state index contributed by atoms with van der Waals surface area (Å²) in [6.07, 6.45) is -19.0. The summed E-state index contributed by atoms with van der Waals surface area (Å²) in [6, 6.07) is 9.08. The highest BCUT2D eigenvalue weighted by Gasteiger charge is 2.42. The number of piperazine rings is 1. The van der Waals surface area contributed by atoms with Gasteiger partial charge >= 0.3 is 36.6 Å². The summed E-state index contributed by atoms with van der Waals surface area (Å²) in [7, 11) is 1.93. The van der Waals surface area contributed by atoms with Gasteiger partial charge in [-0.15, -0.1) is 0 Å². The molecule has 1 saturated heterocycles. The molecule has 1 aliphatic rings. The number of nitrogens with two attached hydrogens (primary N) is 1. The minimum absolute atomic E-state index is 0.0633. The number of nitrogens with zero attached hydrogens (tertiary/aromatic N) is 2. The maximum Gasteiger partial charge on any atom is 0.490 e. The molecule has 0 bridgehead atoms. The lowest BCUT2D eigenvalue weighted by molar-refractivity contribution is -0.193. The van der Waals surface area contributed by atoms with Crippen molar-refractivity contribution in [1.29, 1.82) is 0 Å². The number of carbonyl (C=O) groups excluding carboxylic acids is 1. The van der Waals surface area contributed by atoms with E-state index < -0.39 is 53.2 Å². The smallest absolute Gasteiger partial charge is 0.475 e. The van der Waals surface area contributed by atoms with Crippen LogP contribution in [0.2, 0.25) is 0 Å². The molecule has 8 nitrogen and oxygen atoms in total. The summed E-state index contributed by atoms with van der Waals surface area (Å²) in [5.41, 5.74) is 4.29. The third kappa shape index (κ3) is 13.2. The molecule has 20 heteroatoms. The van der Waals surface area contributed by atoms with E-state index in [9.17, 15) is 57.5 Å². The van der Waals surface area contributed by atoms with Crippen LogP contribution < -0.4 is 5.73 Å². The summed E-state index contributed by atoms with van der Waals surface area (Å²) < 4.78 is 141. The molecule has 0 atom stereocenters. The lowest BCUT2D eigenvalue weighted by Crippen LogP contribution is -2.55. The van der Waals surface area contributed by atoms with E-state index in [2.05, 4.69) is 4.90 Å². The molecule has 1 heterocycles. The van der Waals surface area contributed by atoms with E-state index in [0.29, 0.717) is 37.3 Å². The van der Waals surface area contributed by atoms with Gasteiger partial charge in [-0.3, -0.25) is 4.79 Å². The topological polar surface area (TPSA) is 124 Å². The zero-order valence-corrected chi connectivity index (χ0v) is 24.7. The van der Waals surface area contributed by atoms with Crippen molar-refractivity contribution >= 4 is 17.8 Å². The van der Waals surface area contributed by atoms with Gasteiger partial charge in [-0.1, -0.05) is 24.3 Å². The van der Waals surface area contributed by atoms with Gasteiger partial charge in [0.2, 0.25) is 5.91 Å². The molecule has 3 rings (SSSR count). The lowest BCUT2D eigenvalue weighted by atomic mass is 9.75. The first-order valence-electron chi connectivity index (χ1n) is 13.3. The van der Waals surface area contributed by atoms with E-state index in [1.807, 2.05) is 7.05 Å². The minimum Gasteiger partial charge on any atom is -0.475 e. The van der Waals surface area contributed by atoms with Crippen LogP contribution in [0.25, 0.3) is 0 Å². The first-order valence-corrected chi connectivity index (χ1v) is 13.3. The number of hydrogen-bond acceptors (Lipinski definition) is 5. The minimum atomic E-state index is -5.08. The number of carboxylic acid groups (broad SMARTS) is 2. The van der Waals surface area contributed by atoms with E-state index >= 15 is 0 Å². The fraction of sp³-hybridized carbons (Fsp3) is 0.464. The molecule has 0 unspecified atom stereocenters. The number of benzene rings is 2. The van der Waals surface area contributed by atoms with Crippen LogP contribution in [0.3, 0.4) is 0 Å². The van der Waals surface area contributed by atoms with E-state index in [4.69, 9.17) is 25.5 Å². The molecule has 0 aromatic heterocycles. The molecule has 2 aromatic carbocycles. The van der Waals surface area contributed by atoms with Crippen molar-refractivity contribution in [1.82, 2.24) is 9.80 Å². The molecule has 4 N–H and O–H groups in total. The largest absolute Gasteiger partial charge is 0.490 e. The van der Waals surface area contributed by atoms with Gasteiger partial charge < -0.3 is 25.7 Å². The third-order valence-electron chi connectivity index (χ3n) is 6.77. The maximum absolute atomic E-state index is 13.7. The lowest BCUT2D eigenvalue weighted by Gasteiger charge is -2.40. The molecular weight excluding hydrogens is 686 g/mol. The number of alkyl halides is 12. The van der Waals surface area contributed by atoms with Crippen molar-refractivity contribution in [2.24, 2.45) is 11.1 Å². The first kappa shape index (κ1) is 42.0. The Hall–Kier alpha value is -4.07. The van der Waals surface area contributed by atoms with Crippen molar-refractivity contribution in [2.75, 3.05) is 39.8 Å². The summed E-state index contributed by atoms with van der Waals surface area (Å²) in [5, 5.41) is 14.2. The first-order chi connectivity index (χ1) is 21.7. The number of carboxylic acids is 2. The van der Waals surface area contributed by atoms with Gasteiger partial charge in [-0.25, -0.2) is 9.59 Å². The fourth-order valence-corrected chi connectivity index (χ4v) is 4.19. The Balaban J connectivity index is 0.000000687. The Morgan fingerprint density at radius 1 is 0.625 bits per heavy atom. The average Bonchev–Trinajstić information content (AvgIpc) is 2.96. The Bertz CT molecular complexity index is 1270. The molecule has 2 aromatic rings. The molecule has 1 aliphatic heterocycles. The Morgan fingerprint density at radius 2 is 0.917 bits per heavy atom. The number of rotatable bonds is 6. The standard InChI is InChI=1S/C24H27F6N3O.2C2HF3O2/c1-32-10-12-33(13-11-32)21(34)22(16-31,14-17-2-6-19(7-3-17)23(25,26)27)15-18-4-8-20(9-5-18)24(28,29)30;2*3-2(4,5)1(6)7/h2-9H,10-16,31H2,1H3;2*(H,6,7). The Labute approximate surface area is 264 Å². The predicted molar refractivity (Wildman–Crippen MR) is 143 cm³/mol. The molecule has 0 saturated carbocycles. The van der Waals surface area contributed by atoms with Crippen molar-refractivity contribution < 1.29 is 77.3 Å². The van der Waals surface area contributed by atoms with Crippen molar-refractivity contribution in [3.8, 4) is 0 Å². The number of aliphatic carboxylic acids is 2. The molecule has 1 fully saturated rings. The van der Waals surface area contributed by atoms with E-state index in [1.54, 1.807) is 4.90 Å². The maximum atomic E-state index is 13.7. The molecule has 48 heavy (non-hydrogen) atoms. The van der Waals surface area contributed by atoms with E-state index in [0.717, 1.165) is 24.3 Å². The van der Waals surface area contributed by atoms with Crippen LogP contribution in [0.5, 0.6) is 0 Å². The van der Waals surface area contributed by atoms with Gasteiger partial charge in [0.15, 0.2) is 0 Å². The zero-order valence-electron chi connectivity index (χ0n) is 24.7. The molecule has 0 radical (unpaired) electrons. The SMILES string of the molecule is CN1CCN(C(=O)C(CN)(Cc2ccc(C(F)(F)F)cc2)Cc2ccc(C(F)(F)F)cc2)CC1.O=C(O)C(F)(F)F.O=C(O)C(F)(F)F. The van der Waals surface area contributed by atoms with Gasteiger partial charge in [0.1, 0.15) is 0 Å². The van der Waals surface area contributed by atoms with Crippen LogP contribution in [-0.4, -0.2) is 90.0 Å². The molecule has 270 valence electrons. The highest BCUT2D eigenvalue weighted by molar-refractivity contribution is 5.84. The van der Waals surface area contributed by atoms with E-state index in [-0.39, 0.29) is 25.3 Å². The number of halogens is 12. The summed E-state index contributed by atoms with van der Waals surface area (Å²) in [4.78, 5) is 35.2. The van der Waals surface area contributed by atoms with Crippen molar-refractivity contribution in [2.45, 2.75) is 37.5 Å². The third-order valence-corrected chi connectivity index (χ3v) is 6.77. The number of hydrogen-bond donors (Lipinski definition) is 3. The monoisotopic (exact) mass is 715 g/mol. The van der Waals surface area contributed by atoms with Gasteiger partial charge in [0.25, 0.3) is 0 Å². The summed E-state index contributed by atoms with van der Waals surface area (Å²) in [6.45, 7) is 2.15. The number of amides is 1. The van der Waals surface area contributed by atoms with Gasteiger partial charge in [0, 0.05) is 32.7 Å². The zero-order chi connectivity index (χ0) is 37.3. The summed E-state index contributed by atoms with van der Waals surface area (Å²) >= 11 is 0. The second-order valence-corrected chi connectivity index (χ2v) is 10.4. The number of likely N-dealkylation sites (N-methyl/N-ethyl adjacent to an activating group) is 1. The molecule has 0 spiro atoms. The molecule has 1 amide bonds. The van der Waals surface area contributed by atoms with Crippen molar-refractivity contribution in [3.63, 3.8) is 0 Å². The van der Waals surface area contributed by atoms with Crippen LogP contribution in [0.1, 0.15) is 22.3 Å². The van der Waals surface area contributed by atoms with Crippen LogP contribution >= 0.6 is 0 Å².